The molecule has 5 rings (SSSR count). The van der Waals surface area contributed by atoms with Gasteiger partial charge in [0.15, 0.2) is 0 Å². The summed E-state index contributed by atoms with van der Waals surface area (Å²) in [5, 5.41) is 11.6. The lowest BCUT2D eigenvalue weighted by Crippen LogP contribution is -2.21. The SMILES string of the molecule is COC(=O)CCc1c(CC(=O)OC)c2cc3nc(cc4nc(cc5[nH]c(cc1[nH]2)c(CCC(=O)OC)c5CC(=O)OC)C(O)C4(C)C)C(C)=C3C. The fraction of sp³-hybridized carbons (Fsp3) is 0.421. The summed E-state index contributed by atoms with van der Waals surface area (Å²) in [5.41, 5.74) is 8.16. The molecule has 0 saturated heterocycles. The first kappa shape index (κ1) is 37.0. The summed E-state index contributed by atoms with van der Waals surface area (Å²) >= 11 is 0. The second-order valence-corrected chi connectivity index (χ2v) is 13.2. The van der Waals surface area contributed by atoms with E-state index >= 15 is 0 Å². The highest BCUT2D eigenvalue weighted by molar-refractivity contribution is 5.92. The molecule has 2 aliphatic rings. The highest BCUT2D eigenvalue weighted by Crippen LogP contribution is 2.41. The number of fused-ring (bicyclic) bond motifs is 8. The summed E-state index contributed by atoms with van der Waals surface area (Å²) in [6.07, 6.45) is -0.735. The summed E-state index contributed by atoms with van der Waals surface area (Å²) in [6, 6.07) is 7.28. The van der Waals surface area contributed by atoms with E-state index in [1.54, 1.807) is 6.07 Å². The molecule has 0 spiro atoms. The summed E-state index contributed by atoms with van der Waals surface area (Å²) < 4.78 is 20.0. The van der Waals surface area contributed by atoms with Crippen molar-refractivity contribution in [2.45, 2.75) is 77.7 Å². The van der Waals surface area contributed by atoms with E-state index < -0.39 is 35.4 Å². The van der Waals surface area contributed by atoms with Crippen molar-refractivity contribution < 1.29 is 43.2 Å². The standard InChI is InChI=1S/C38H44N4O9/c1-19-20(2)26-18-32-38(3,4)37(47)31(42-32)17-30-24(14-36(46)51-8)22(10-12-34(44)49-6)28(41-30)16-27-21(9-11-33(43)48-5)23(13-35(45)50-7)29(40-27)15-25(19)39-26/h15-18,37,40-41,47H,9-14H2,1-8H3. The molecule has 5 heterocycles. The molecule has 1 unspecified atom stereocenters. The van der Waals surface area contributed by atoms with Crippen LogP contribution in [0.15, 0.2) is 24.3 Å². The van der Waals surface area contributed by atoms with Crippen LogP contribution in [0.4, 0.5) is 0 Å². The molecule has 3 aromatic heterocycles. The summed E-state index contributed by atoms with van der Waals surface area (Å²) in [7, 11) is 5.23. The minimum Gasteiger partial charge on any atom is -0.469 e. The Labute approximate surface area is 295 Å². The number of aliphatic hydroxyl groups excluding tert-OH is 1. The number of aliphatic hydroxyl groups is 1. The minimum absolute atomic E-state index is 0.0161. The van der Waals surface area contributed by atoms with Crippen molar-refractivity contribution in [2.24, 2.45) is 0 Å². The average molecular weight is 701 g/mol. The van der Waals surface area contributed by atoms with Gasteiger partial charge in [0.05, 0.1) is 64.1 Å². The molecule has 13 heteroatoms. The van der Waals surface area contributed by atoms with Crippen molar-refractivity contribution in [3.8, 4) is 0 Å². The van der Waals surface area contributed by atoms with Gasteiger partial charge < -0.3 is 34.0 Å². The lowest BCUT2D eigenvalue weighted by Gasteiger charge is -2.22. The number of methoxy groups -OCH3 is 4. The fourth-order valence-electron chi connectivity index (χ4n) is 6.51. The number of nitrogens with zero attached hydrogens (tertiary/aromatic N) is 2. The molecule has 270 valence electrons. The fourth-order valence-corrected chi connectivity index (χ4v) is 6.51. The summed E-state index contributed by atoms with van der Waals surface area (Å²) in [6.45, 7) is 7.74. The number of H-pyrrole nitrogens is 2. The quantitative estimate of drug-likeness (QED) is 0.193. The van der Waals surface area contributed by atoms with Crippen LogP contribution >= 0.6 is 0 Å². The maximum absolute atomic E-state index is 12.8. The molecule has 0 fully saturated rings. The lowest BCUT2D eigenvalue weighted by atomic mass is 9.84. The molecular formula is C38H44N4O9. The van der Waals surface area contributed by atoms with Crippen LogP contribution in [0.25, 0.3) is 33.2 Å². The van der Waals surface area contributed by atoms with Gasteiger partial charge >= 0.3 is 23.9 Å². The van der Waals surface area contributed by atoms with Crippen LogP contribution in [0.5, 0.6) is 0 Å². The number of nitrogens with one attached hydrogen (secondary N) is 2. The topological polar surface area (TPSA) is 183 Å². The monoisotopic (exact) mass is 700 g/mol. The molecule has 0 saturated carbocycles. The number of aromatic nitrogens is 4. The molecule has 3 aromatic rings. The number of hydrogen-bond acceptors (Lipinski definition) is 11. The number of carbonyl (C=O) groups is 4. The van der Waals surface area contributed by atoms with Gasteiger partial charge in [-0.3, -0.25) is 24.2 Å². The Kier molecular flexibility index (Phi) is 10.8. The van der Waals surface area contributed by atoms with Crippen molar-refractivity contribution in [2.75, 3.05) is 28.4 Å². The molecule has 1 atom stereocenters. The molecule has 8 bridgehead atoms. The van der Waals surface area contributed by atoms with Gasteiger partial charge in [-0.05, 0) is 84.4 Å². The van der Waals surface area contributed by atoms with Crippen molar-refractivity contribution in [3.63, 3.8) is 0 Å². The van der Waals surface area contributed by atoms with Gasteiger partial charge in [-0.25, -0.2) is 4.98 Å². The third-order valence-electron chi connectivity index (χ3n) is 9.86. The summed E-state index contributed by atoms with van der Waals surface area (Å²) in [4.78, 5) is 67.2. The van der Waals surface area contributed by atoms with E-state index in [1.807, 2.05) is 45.9 Å². The number of aromatic amines is 2. The van der Waals surface area contributed by atoms with Crippen LogP contribution in [-0.4, -0.2) is 77.4 Å². The van der Waals surface area contributed by atoms with E-state index in [4.69, 9.17) is 28.9 Å². The maximum Gasteiger partial charge on any atom is 0.310 e. The third-order valence-corrected chi connectivity index (χ3v) is 9.86. The summed E-state index contributed by atoms with van der Waals surface area (Å²) in [5.74, 6) is -1.84. The van der Waals surface area contributed by atoms with E-state index in [2.05, 4.69) is 9.97 Å². The molecule has 2 aliphatic heterocycles. The molecule has 0 amide bonds. The minimum atomic E-state index is -0.988. The van der Waals surface area contributed by atoms with Crippen LogP contribution in [-0.2, 0) is 69.2 Å². The van der Waals surface area contributed by atoms with E-state index in [-0.39, 0.29) is 38.5 Å². The lowest BCUT2D eigenvalue weighted by molar-refractivity contribution is -0.141. The Morgan fingerprint density at radius 2 is 1.08 bits per heavy atom. The average Bonchev–Trinajstić information content (AvgIpc) is 3.75. The Morgan fingerprint density at radius 3 is 1.55 bits per heavy atom. The van der Waals surface area contributed by atoms with Gasteiger partial charge in [-0.15, -0.1) is 0 Å². The van der Waals surface area contributed by atoms with E-state index in [9.17, 15) is 24.3 Å². The van der Waals surface area contributed by atoms with E-state index in [0.29, 0.717) is 67.1 Å². The maximum atomic E-state index is 12.8. The number of esters is 4. The Balaban J connectivity index is 1.99. The molecule has 13 nitrogen and oxygen atoms in total. The van der Waals surface area contributed by atoms with Crippen molar-refractivity contribution in [1.29, 1.82) is 0 Å². The second-order valence-electron chi connectivity index (χ2n) is 13.2. The van der Waals surface area contributed by atoms with Gasteiger partial charge in [0.25, 0.3) is 0 Å². The number of aryl methyl sites for hydroxylation is 2. The predicted molar refractivity (Wildman–Crippen MR) is 189 cm³/mol. The van der Waals surface area contributed by atoms with Gasteiger partial charge in [-0.2, -0.15) is 0 Å². The van der Waals surface area contributed by atoms with Crippen LogP contribution < -0.4 is 0 Å². The molecular weight excluding hydrogens is 656 g/mol. The predicted octanol–water partition coefficient (Wildman–Crippen LogP) is 4.92. The first-order valence-corrected chi connectivity index (χ1v) is 16.6. The molecule has 0 aromatic carbocycles. The van der Waals surface area contributed by atoms with Gasteiger partial charge in [-0.1, -0.05) is 13.8 Å². The first-order chi connectivity index (χ1) is 24.2. The second kappa shape index (κ2) is 14.9. The van der Waals surface area contributed by atoms with E-state index in [1.165, 1.54) is 28.4 Å². The normalized spacial score (nSPS) is 15.0. The Morgan fingerprint density at radius 1 is 0.647 bits per heavy atom. The molecule has 3 N–H and O–H groups in total. The molecule has 51 heavy (non-hydrogen) atoms. The number of carbonyl (C=O) groups excluding carboxylic acids is 4. The number of rotatable bonds is 10. The zero-order valence-corrected chi connectivity index (χ0v) is 30.2. The Bertz CT molecular complexity index is 2100. The van der Waals surface area contributed by atoms with Crippen LogP contribution in [0.2, 0.25) is 0 Å². The number of hydrogen-bond donors (Lipinski definition) is 3. The van der Waals surface area contributed by atoms with Gasteiger partial charge in [0.2, 0.25) is 0 Å². The van der Waals surface area contributed by atoms with Crippen molar-refractivity contribution in [1.82, 2.24) is 19.9 Å². The zero-order chi connectivity index (χ0) is 37.2. The van der Waals surface area contributed by atoms with Gasteiger partial charge in [0, 0.05) is 40.3 Å². The van der Waals surface area contributed by atoms with Crippen molar-refractivity contribution >= 4 is 57.1 Å². The highest BCUT2D eigenvalue weighted by atomic mass is 16.5. The smallest absolute Gasteiger partial charge is 0.310 e. The Hall–Kier alpha value is -5.30. The van der Waals surface area contributed by atoms with Crippen molar-refractivity contribution in [3.05, 3.63) is 69.3 Å². The van der Waals surface area contributed by atoms with Crippen LogP contribution in [0.3, 0.4) is 0 Å². The zero-order valence-electron chi connectivity index (χ0n) is 30.2. The van der Waals surface area contributed by atoms with Crippen LogP contribution in [0.1, 0.15) is 91.7 Å². The van der Waals surface area contributed by atoms with E-state index in [0.717, 1.165) is 11.1 Å². The number of ether oxygens (including phenoxy) is 4. The first-order valence-electron chi connectivity index (χ1n) is 16.6. The molecule has 0 radical (unpaired) electrons. The number of allylic oxidation sites excluding steroid dienone is 2. The largest absolute Gasteiger partial charge is 0.469 e. The highest BCUT2D eigenvalue weighted by Gasteiger charge is 2.38. The molecule has 0 aliphatic carbocycles. The van der Waals surface area contributed by atoms with Crippen LogP contribution in [0, 0.1) is 0 Å². The van der Waals surface area contributed by atoms with Gasteiger partial charge in [0.1, 0.15) is 6.10 Å². The third kappa shape index (κ3) is 7.43.